The lowest BCUT2D eigenvalue weighted by atomic mass is 10.0. The summed E-state index contributed by atoms with van der Waals surface area (Å²) in [6.45, 7) is 8.63. The average Bonchev–Trinajstić information content (AvgIpc) is 3.26. The van der Waals surface area contributed by atoms with E-state index in [-0.39, 0.29) is 18.4 Å². The molecule has 0 radical (unpaired) electrons. The highest BCUT2D eigenvalue weighted by Crippen LogP contribution is 2.31. The van der Waals surface area contributed by atoms with Crippen molar-refractivity contribution in [3.63, 3.8) is 0 Å². The second kappa shape index (κ2) is 11.1. The van der Waals surface area contributed by atoms with E-state index in [1.165, 1.54) is 0 Å². The van der Waals surface area contributed by atoms with Crippen LogP contribution in [0.1, 0.15) is 43.0 Å². The molecule has 4 aromatic rings. The van der Waals surface area contributed by atoms with Crippen LogP contribution in [0, 0.1) is 19.8 Å². The summed E-state index contributed by atoms with van der Waals surface area (Å²) >= 11 is 0. The van der Waals surface area contributed by atoms with Gasteiger partial charge in [-0.3, -0.25) is 19.5 Å². The molecule has 0 saturated heterocycles. The molecule has 2 aromatic heterocycles. The molecule has 8 nitrogen and oxygen atoms in total. The average molecular weight is 485 g/mol. The van der Waals surface area contributed by atoms with Gasteiger partial charge >= 0.3 is 0 Å². The fraction of sp³-hybridized carbons (Fsp3) is 0.321. The summed E-state index contributed by atoms with van der Waals surface area (Å²) in [7, 11) is 0. The van der Waals surface area contributed by atoms with Crippen LogP contribution < -0.4 is 10.2 Å². The molecular formula is C28H32N6O2. The third kappa shape index (κ3) is 5.59. The summed E-state index contributed by atoms with van der Waals surface area (Å²) in [6.07, 6.45) is 4.14. The van der Waals surface area contributed by atoms with Crippen molar-refractivity contribution in [2.24, 2.45) is 5.92 Å². The predicted octanol–water partition coefficient (Wildman–Crippen LogP) is 4.38. The van der Waals surface area contributed by atoms with Crippen molar-refractivity contribution in [1.29, 1.82) is 0 Å². The zero-order chi connectivity index (χ0) is 25.7. The van der Waals surface area contributed by atoms with E-state index in [0.29, 0.717) is 29.2 Å². The third-order valence-corrected chi connectivity index (χ3v) is 6.11. The summed E-state index contributed by atoms with van der Waals surface area (Å²) in [5.41, 5.74) is 4.74. The van der Waals surface area contributed by atoms with Gasteiger partial charge in [0.2, 0.25) is 11.8 Å². The smallest absolute Gasteiger partial charge is 0.249 e. The Morgan fingerprint density at radius 2 is 1.86 bits per heavy atom. The summed E-state index contributed by atoms with van der Waals surface area (Å²) in [5, 5.41) is 11.4. The zero-order valence-electron chi connectivity index (χ0n) is 21.2. The van der Waals surface area contributed by atoms with Crippen LogP contribution in [0.5, 0.6) is 0 Å². The van der Waals surface area contributed by atoms with Gasteiger partial charge in [0.15, 0.2) is 0 Å². The van der Waals surface area contributed by atoms with E-state index in [9.17, 15) is 9.59 Å². The van der Waals surface area contributed by atoms with Crippen molar-refractivity contribution >= 4 is 28.5 Å². The lowest BCUT2D eigenvalue weighted by molar-refractivity contribution is -0.127. The molecule has 2 aromatic carbocycles. The number of pyridine rings is 1. The number of anilines is 1. The maximum absolute atomic E-state index is 14.0. The minimum atomic E-state index is -0.894. The molecule has 0 aliphatic carbocycles. The van der Waals surface area contributed by atoms with Gasteiger partial charge in [0, 0.05) is 30.2 Å². The Morgan fingerprint density at radius 3 is 2.58 bits per heavy atom. The maximum atomic E-state index is 14.0. The number of fused-ring (bicyclic) bond motifs is 1. The quantitative estimate of drug-likeness (QED) is 0.381. The molecular weight excluding hydrogens is 452 g/mol. The Hall–Kier alpha value is -4.07. The Kier molecular flexibility index (Phi) is 7.73. The van der Waals surface area contributed by atoms with Gasteiger partial charge in [-0.25, -0.2) is 4.68 Å². The molecule has 0 aliphatic heterocycles. The normalized spacial score (nSPS) is 12.0. The van der Waals surface area contributed by atoms with Crippen LogP contribution >= 0.6 is 0 Å². The standard InChI is InChI=1S/C28H32N6O2/c1-19(2)13-15-30-28(36)27(22-8-7-14-29-17-22)34(24-12-11-20(3)16-21(24)4)26(35)18-33-25-10-6-5-9-23(25)31-32-33/h5-12,14,16-17,19,27H,13,15,18H2,1-4H3,(H,30,36)/t27-/m0/s1. The molecule has 4 rings (SSSR count). The van der Waals surface area contributed by atoms with E-state index < -0.39 is 6.04 Å². The third-order valence-electron chi connectivity index (χ3n) is 6.11. The fourth-order valence-corrected chi connectivity index (χ4v) is 4.27. The molecule has 0 aliphatic rings. The highest BCUT2D eigenvalue weighted by Gasteiger charge is 2.34. The summed E-state index contributed by atoms with van der Waals surface area (Å²) in [6, 6.07) is 16.1. The Morgan fingerprint density at radius 1 is 1.06 bits per heavy atom. The molecule has 8 heteroatoms. The van der Waals surface area contributed by atoms with Crippen LogP contribution in [0.3, 0.4) is 0 Å². The van der Waals surface area contributed by atoms with Crippen LogP contribution in [0.25, 0.3) is 11.0 Å². The molecule has 36 heavy (non-hydrogen) atoms. The van der Waals surface area contributed by atoms with Crippen LogP contribution in [-0.4, -0.2) is 38.3 Å². The summed E-state index contributed by atoms with van der Waals surface area (Å²) in [5.74, 6) is -0.0780. The van der Waals surface area contributed by atoms with E-state index >= 15 is 0 Å². The van der Waals surface area contributed by atoms with E-state index in [2.05, 4.69) is 34.5 Å². The Bertz CT molecular complexity index is 1350. The molecule has 0 saturated carbocycles. The zero-order valence-corrected chi connectivity index (χ0v) is 21.2. The van der Waals surface area contributed by atoms with Crippen molar-refractivity contribution in [2.45, 2.75) is 46.7 Å². The number of nitrogens with one attached hydrogen (secondary N) is 1. The number of hydrogen-bond acceptors (Lipinski definition) is 5. The number of carbonyl (C=O) groups is 2. The first kappa shape index (κ1) is 25.0. The van der Waals surface area contributed by atoms with Crippen molar-refractivity contribution in [3.05, 3.63) is 83.7 Å². The maximum Gasteiger partial charge on any atom is 0.249 e. The largest absolute Gasteiger partial charge is 0.354 e. The molecule has 0 unspecified atom stereocenters. The first-order valence-electron chi connectivity index (χ1n) is 12.2. The van der Waals surface area contributed by atoms with Crippen LogP contribution in [-0.2, 0) is 16.1 Å². The van der Waals surface area contributed by atoms with Crippen molar-refractivity contribution in [3.8, 4) is 0 Å². The van der Waals surface area contributed by atoms with Gasteiger partial charge in [-0.05, 0) is 56.0 Å². The molecule has 2 heterocycles. The first-order chi connectivity index (χ1) is 17.3. The first-order valence-corrected chi connectivity index (χ1v) is 12.2. The molecule has 0 spiro atoms. The van der Waals surface area contributed by atoms with Crippen molar-refractivity contribution < 1.29 is 9.59 Å². The highest BCUT2D eigenvalue weighted by atomic mass is 16.2. The molecule has 0 bridgehead atoms. The number of para-hydroxylation sites is 1. The van der Waals surface area contributed by atoms with Gasteiger partial charge in [-0.2, -0.15) is 0 Å². The Labute approximate surface area is 211 Å². The molecule has 186 valence electrons. The van der Waals surface area contributed by atoms with Crippen molar-refractivity contribution in [1.82, 2.24) is 25.3 Å². The molecule has 1 N–H and O–H groups in total. The number of rotatable bonds is 9. The van der Waals surface area contributed by atoms with E-state index in [1.54, 1.807) is 28.0 Å². The van der Waals surface area contributed by atoms with Gasteiger partial charge in [0.1, 0.15) is 18.1 Å². The fourth-order valence-electron chi connectivity index (χ4n) is 4.27. The summed E-state index contributed by atoms with van der Waals surface area (Å²) < 4.78 is 1.57. The van der Waals surface area contributed by atoms with Crippen molar-refractivity contribution in [2.75, 3.05) is 11.4 Å². The Balaban J connectivity index is 1.78. The lowest BCUT2D eigenvalue weighted by Crippen LogP contribution is -2.46. The van der Waals surface area contributed by atoms with Crippen LogP contribution in [0.4, 0.5) is 5.69 Å². The number of hydrogen-bond donors (Lipinski definition) is 1. The van der Waals surface area contributed by atoms with Gasteiger partial charge in [-0.15, -0.1) is 5.10 Å². The number of amides is 2. The van der Waals surface area contributed by atoms with E-state index in [1.807, 2.05) is 62.4 Å². The highest BCUT2D eigenvalue weighted by molar-refractivity contribution is 6.02. The van der Waals surface area contributed by atoms with Gasteiger partial charge in [-0.1, -0.05) is 55.0 Å². The second-order valence-electron chi connectivity index (χ2n) is 9.45. The van der Waals surface area contributed by atoms with Gasteiger partial charge in [0.25, 0.3) is 0 Å². The number of aryl methyl sites for hydroxylation is 2. The number of carbonyl (C=O) groups excluding carboxylic acids is 2. The lowest BCUT2D eigenvalue weighted by Gasteiger charge is -2.32. The SMILES string of the molecule is Cc1ccc(N(C(=O)Cn2nnc3ccccc32)[C@H](C(=O)NCCC(C)C)c2cccnc2)c(C)c1. The predicted molar refractivity (Wildman–Crippen MR) is 140 cm³/mol. The molecule has 2 amide bonds. The minimum absolute atomic E-state index is 0.0656. The number of aromatic nitrogens is 4. The second-order valence-corrected chi connectivity index (χ2v) is 9.45. The number of nitrogens with zero attached hydrogens (tertiary/aromatic N) is 5. The van der Waals surface area contributed by atoms with E-state index in [0.717, 1.165) is 23.1 Å². The summed E-state index contributed by atoms with van der Waals surface area (Å²) in [4.78, 5) is 33.5. The van der Waals surface area contributed by atoms with Gasteiger partial charge in [0.05, 0.1) is 5.52 Å². The number of benzene rings is 2. The van der Waals surface area contributed by atoms with Crippen LogP contribution in [0.15, 0.2) is 67.0 Å². The van der Waals surface area contributed by atoms with E-state index in [4.69, 9.17) is 0 Å². The minimum Gasteiger partial charge on any atom is -0.354 e. The molecule has 0 fully saturated rings. The molecule has 1 atom stereocenters. The monoisotopic (exact) mass is 484 g/mol. The van der Waals surface area contributed by atoms with Gasteiger partial charge < -0.3 is 5.32 Å². The topological polar surface area (TPSA) is 93.0 Å². The van der Waals surface area contributed by atoms with Crippen LogP contribution in [0.2, 0.25) is 0 Å².